The summed E-state index contributed by atoms with van der Waals surface area (Å²) in [6.07, 6.45) is 1.70. The van der Waals surface area contributed by atoms with Gasteiger partial charge in [0, 0.05) is 37.5 Å². The first-order valence-electron chi connectivity index (χ1n) is 18.1. The average Bonchev–Trinajstić information content (AvgIpc) is 3.39. The lowest BCUT2D eigenvalue weighted by atomic mass is 9.85. The summed E-state index contributed by atoms with van der Waals surface area (Å²) < 4.78 is 24.6. The molecule has 3 N–H and O–H groups in total. The number of nitrogens with one attached hydrogen (secondary N) is 1. The Bertz CT molecular complexity index is 1840. The van der Waals surface area contributed by atoms with Crippen LogP contribution in [-0.4, -0.2) is 113 Å². The topological polar surface area (TPSA) is 171 Å². The van der Waals surface area contributed by atoms with Crippen molar-refractivity contribution in [3.8, 4) is 11.5 Å². The van der Waals surface area contributed by atoms with Crippen LogP contribution in [-0.2, 0) is 19.1 Å². The van der Waals surface area contributed by atoms with Gasteiger partial charge in [0.2, 0.25) is 11.8 Å². The quantitative estimate of drug-likeness (QED) is 0.260. The molecule has 2 aliphatic heterocycles. The molecular weight excluding hydrogens is 742 g/mol. The molecule has 2 saturated heterocycles. The average molecular weight is 788 g/mol. The summed E-state index contributed by atoms with van der Waals surface area (Å²) in [4.78, 5) is 48.6. The summed E-state index contributed by atoms with van der Waals surface area (Å²) in [5, 5.41) is 13.5. The minimum atomic E-state index is -0.966. The standard InChI is InChI=1S/C36H46ClN7O7S2/c1-19-41-42-35(52-19)53-28-17-27(24-5-6-26(29(37)30(24)39-28)49-12-9-43-7-10-48-11-8-43)50-23-16-25(32(38)45)44(18-23)33(46)31(36(2,3)4)40-34(47)51-22-14-20-13-21(20)15-22/h5-6,17,20-23,25,31H,7-16,18H2,1-4H3,(H2,38,45)(H,40,47)/t20-,21+,22+,23?,25-,31+/m0/s1. The molecule has 0 bridgehead atoms. The number of amides is 3. The highest BCUT2D eigenvalue weighted by molar-refractivity contribution is 8.01. The molecular formula is C36H46ClN7O7S2. The first kappa shape index (κ1) is 37.9. The summed E-state index contributed by atoms with van der Waals surface area (Å²) in [6, 6.07) is 3.53. The number of rotatable bonds is 12. The molecule has 53 heavy (non-hydrogen) atoms. The van der Waals surface area contributed by atoms with Gasteiger partial charge in [-0.3, -0.25) is 14.5 Å². The third kappa shape index (κ3) is 8.93. The van der Waals surface area contributed by atoms with Crippen molar-refractivity contribution in [2.75, 3.05) is 46.0 Å². The number of fused-ring (bicyclic) bond motifs is 2. The van der Waals surface area contributed by atoms with E-state index in [1.165, 1.54) is 34.4 Å². The molecule has 0 radical (unpaired) electrons. The lowest BCUT2D eigenvalue weighted by Crippen LogP contribution is -2.57. The molecule has 3 amide bonds. The molecule has 1 aromatic carbocycles. The molecule has 4 fully saturated rings. The third-order valence-corrected chi connectivity index (χ3v) is 12.5. The van der Waals surface area contributed by atoms with Crippen molar-refractivity contribution in [2.24, 2.45) is 23.0 Å². The second-order valence-electron chi connectivity index (χ2n) is 15.3. The van der Waals surface area contributed by atoms with Gasteiger partial charge in [0.15, 0.2) is 4.34 Å². The van der Waals surface area contributed by atoms with Gasteiger partial charge in [-0.25, -0.2) is 9.78 Å². The fourth-order valence-corrected chi connectivity index (χ4v) is 9.44. The summed E-state index contributed by atoms with van der Waals surface area (Å²) in [7, 11) is 0. The van der Waals surface area contributed by atoms with Crippen molar-refractivity contribution in [3.63, 3.8) is 0 Å². The van der Waals surface area contributed by atoms with E-state index in [4.69, 9.17) is 41.3 Å². The van der Waals surface area contributed by atoms with Crippen LogP contribution in [0.2, 0.25) is 5.02 Å². The number of pyridine rings is 1. The molecule has 3 aromatic rings. The van der Waals surface area contributed by atoms with Crippen LogP contribution >= 0.6 is 34.7 Å². The Balaban J connectivity index is 1.11. The van der Waals surface area contributed by atoms with Gasteiger partial charge >= 0.3 is 6.09 Å². The highest BCUT2D eigenvalue weighted by Crippen LogP contribution is 2.52. The van der Waals surface area contributed by atoms with Crippen LogP contribution in [0.15, 0.2) is 27.6 Å². The minimum absolute atomic E-state index is 0.0695. The van der Waals surface area contributed by atoms with Crippen molar-refractivity contribution < 1.29 is 33.3 Å². The van der Waals surface area contributed by atoms with E-state index in [-0.39, 0.29) is 19.1 Å². The number of hydrogen-bond donors (Lipinski definition) is 2. The van der Waals surface area contributed by atoms with E-state index in [0.717, 1.165) is 37.5 Å². The predicted octanol–water partition coefficient (Wildman–Crippen LogP) is 4.68. The van der Waals surface area contributed by atoms with E-state index >= 15 is 0 Å². The SMILES string of the molecule is Cc1nnc(Sc2cc(OC3C[C@@H](C(N)=O)N(C(=O)[C@@H](NC(=O)O[C@@H]4C[C@@H]5C[C@@H]5C4)C(C)(C)C)C3)c3ccc(OCCN4CCOCC4)c(Cl)c3n2)s1. The predicted molar refractivity (Wildman–Crippen MR) is 199 cm³/mol. The Morgan fingerprint density at radius 3 is 2.53 bits per heavy atom. The molecule has 4 aliphatic rings. The monoisotopic (exact) mass is 787 g/mol. The molecule has 7 rings (SSSR count). The lowest BCUT2D eigenvalue weighted by molar-refractivity contribution is -0.141. The van der Waals surface area contributed by atoms with Crippen LogP contribution in [0.1, 0.15) is 51.5 Å². The zero-order valence-electron chi connectivity index (χ0n) is 30.3. The molecule has 2 aromatic heterocycles. The number of carbonyl (C=O) groups excluding carboxylic acids is 3. The van der Waals surface area contributed by atoms with Gasteiger partial charge in [-0.2, -0.15) is 0 Å². The van der Waals surface area contributed by atoms with Crippen LogP contribution in [0.4, 0.5) is 4.79 Å². The fourth-order valence-electron chi connectivity index (χ4n) is 7.42. The largest absolute Gasteiger partial charge is 0.491 e. The number of halogens is 1. The van der Waals surface area contributed by atoms with E-state index in [1.807, 2.05) is 33.8 Å². The number of benzene rings is 1. The van der Waals surface area contributed by atoms with Crippen molar-refractivity contribution in [1.29, 1.82) is 0 Å². The summed E-state index contributed by atoms with van der Waals surface area (Å²) in [5.41, 5.74) is 5.66. The number of alkyl carbamates (subject to hydrolysis) is 1. The van der Waals surface area contributed by atoms with Crippen LogP contribution in [0, 0.1) is 24.2 Å². The molecule has 2 saturated carbocycles. The molecule has 1 unspecified atom stereocenters. The second kappa shape index (κ2) is 15.7. The Morgan fingerprint density at radius 1 is 1.09 bits per heavy atom. The van der Waals surface area contributed by atoms with E-state index in [1.54, 1.807) is 12.1 Å². The van der Waals surface area contributed by atoms with Gasteiger partial charge in [-0.1, -0.05) is 43.7 Å². The van der Waals surface area contributed by atoms with Gasteiger partial charge in [0.25, 0.3) is 0 Å². The summed E-state index contributed by atoms with van der Waals surface area (Å²) >= 11 is 9.74. The molecule has 14 nitrogen and oxygen atoms in total. The number of nitrogens with zero attached hydrogens (tertiary/aromatic N) is 5. The Hall–Kier alpha value is -3.44. The molecule has 286 valence electrons. The summed E-state index contributed by atoms with van der Waals surface area (Å²) in [5.74, 6) is 1.16. The Morgan fingerprint density at radius 2 is 1.85 bits per heavy atom. The Labute approximate surface area is 321 Å². The van der Waals surface area contributed by atoms with Crippen LogP contribution in [0.5, 0.6) is 11.5 Å². The number of primary amides is 1. The van der Waals surface area contributed by atoms with E-state index < -0.39 is 41.5 Å². The smallest absolute Gasteiger partial charge is 0.408 e. The van der Waals surface area contributed by atoms with E-state index in [0.29, 0.717) is 68.4 Å². The lowest BCUT2D eigenvalue weighted by Gasteiger charge is -2.35. The van der Waals surface area contributed by atoms with Gasteiger partial charge < -0.3 is 34.9 Å². The van der Waals surface area contributed by atoms with E-state index in [9.17, 15) is 14.4 Å². The molecule has 0 spiro atoms. The maximum absolute atomic E-state index is 14.2. The zero-order valence-corrected chi connectivity index (χ0v) is 32.7. The normalized spacial score (nSPS) is 24.8. The van der Waals surface area contributed by atoms with Crippen molar-refractivity contribution >= 4 is 63.5 Å². The van der Waals surface area contributed by atoms with E-state index in [2.05, 4.69) is 20.4 Å². The van der Waals surface area contributed by atoms with Crippen LogP contribution in [0.25, 0.3) is 10.9 Å². The number of aromatic nitrogens is 3. The number of nitrogens with two attached hydrogens (primary N) is 1. The number of aryl methyl sites for hydroxylation is 1. The second-order valence-corrected chi connectivity index (χ2v) is 18.1. The zero-order chi connectivity index (χ0) is 37.4. The molecule has 6 atom stereocenters. The number of carbonyl (C=O) groups is 3. The highest BCUT2D eigenvalue weighted by Gasteiger charge is 2.48. The van der Waals surface area contributed by atoms with Gasteiger partial charge in [-0.05, 0) is 67.3 Å². The number of hydrogen-bond acceptors (Lipinski definition) is 13. The fraction of sp³-hybridized carbons (Fsp3) is 0.611. The Kier molecular flexibility index (Phi) is 11.2. The van der Waals surface area contributed by atoms with Gasteiger partial charge in [0.05, 0.1) is 25.3 Å². The number of morpholine rings is 1. The van der Waals surface area contributed by atoms with Gasteiger partial charge in [-0.15, -0.1) is 10.2 Å². The molecule has 4 heterocycles. The van der Waals surface area contributed by atoms with Crippen molar-refractivity contribution in [2.45, 2.75) is 87.0 Å². The number of ether oxygens (including phenoxy) is 4. The maximum atomic E-state index is 14.2. The third-order valence-electron chi connectivity index (χ3n) is 10.3. The summed E-state index contributed by atoms with van der Waals surface area (Å²) in [6.45, 7) is 11.8. The van der Waals surface area contributed by atoms with Gasteiger partial charge in [0.1, 0.15) is 57.5 Å². The van der Waals surface area contributed by atoms with Crippen LogP contribution in [0.3, 0.4) is 0 Å². The highest BCUT2D eigenvalue weighted by atomic mass is 35.5. The maximum Gasteiger partial charge on any atom is 0.408 e. The molecule has 2 aliphatic carbocycles. The van der Waals surface area contributed by atoms with Crippen molar-refractivity contribution in [3.05, 3.63) is 28.2 Å². The first-order valence-corrected chi connectivity index (χ1v) is 20.1. The first-order chi connectivity index (χ1) is 25.3. The number of likely N-dealkylation sites (tertiary alicyclic amines) is 1. The molecule has 17 heteroatoms. The van der Waals surface area contributed by atoms with Crippen molar-refractivity contribution in [1.82, 2.24) is 30.3 Å². The van der Waals surface area contributed by atoms with Crippen LogP contribution < -0.4 is 20.5 Å². The minimum Gasteiger partial charge on any atom is -0.491 e.